The average Bonchev–Trinajstić information content (AvgIpc) is 3.02. The molecule has 2 rings (SSSR count). The topological polar surface area (TPSA) is 83.4 Å². The molecule has 1 aliphatic heterocycles. The zero-order valence-electron chi connectivity index (χ0n) is 12.8. The van der Waals surface area contributed by atoms with Gasteiger partial charge in [-0.05, 0) is 57.3 Å². The number of piperidine rings is 1. The first-order valence-corrected chi connectivity index (χ1v) is 7.49. The molecule has 2 heterocycles. The molecule has 1 aromatic rings. The van der Waals surface area contributed by atoms with Gasteiger partial charge in [0.1, 0.15) is 6.04 Å². The van der Waals surface area contributed by atoms with E-state index in [0.717, 1.165) is 19.5 Å². The second-order valence-electron chi connectivity index (χ2n) is 5.46. The number of carbonyl (C=O) groups is 2. The lowest BCUT2D eigenvalue weighted by molar-refractivity contribution is -0.122. The smallest absolute Gasteiger partial charge is 0.287 e. The molecule has 124 valence electrons. The van der Waals surface area contributed by atoms with Crippen molar-refractivity contribution >= 4 is 24.2 Å². The Hall–Kier alpha value is -1.53. The maximum Gasteiger partial charge on any atom is 0.287 e. The Kier molecular flexibility index (Phi) is 7.98. The molecule has 22 heavy (non-hydrogen) atoms. The number of hydrogen-bond acceptors (Lipinski definition) is 4. The zero-order valence-corrected chi connectivity index (χ0v) is 13.6. The highest BCUT2D eigenvalue weighted by atomic mass is 35.5. The summed E-state index contributed by atoms with van der Waals surface area (Å²) >= 11 is 0. The Bertz CT molecular complexity index is 459. The van der Waals surface area contributed by atoms with Gasteiger partial charge < -0.3 is 20.4 Å². The molecule has 0 aliphatic carbocycles. The summed E-state index contributed by atoms with van der Waals surface area (Å²) in [5.41, 5.74) is 0. The number of furan rings is 1. The van der Waals surface area contributed by atoms with Crippen molar-refractivity contribution in [3.63, 3.8) is 0 Å². The van der Waals surface area contributed by atoms with Crippen LogP contribution in [0.15, 0.2) is 22.8 Å². The Morgan fingerprint density at radius 3 is 2.95 bits per heavy atom. The minimum Gasteiger partial charge on any atom is -0.459 e. The lowest BCUT2D eigenvalue weighted by atomic mass is 9.96. The van der Waals surface area contributed by atoms with Gasteiger partial charge in [-0.2, -0.15) is 0 Å². The summed E-state index contributed by atoms with van der Waals surface area (Å²) in [5, 5.41) is 8.84. The van der Waals surface area contributed by atoms with Gasteiger partial charge in [0, 0.05) is 6.54 Å². The first-order valence-electron chi connectivity index (χ1n) is 7.49. The molecule has 2 atom stereocenters. The Morgan fingerprint density at radius 1 is 1.50 bits per heavy atom. The van der Waals surface area contributed by atoms with Crippen LogP contribution in [0, 0.1) is 5.92 Å². The molecule has 6 nitrogen and oxygen atoms in total. The van der Waals surface area contributed by atoms with E-state index in [4.69, 9.17) is 4.42 Å². The molecule has 1 aromatic heterocycles. The normalized spacial score (nSPS) is 18.9. The zero-order chi connectivity index (χ0) is 15.1. The monoisotopic (exact) mass is 329 g/mol. The number of nitrogens with one attached hydrogen (secondary N) is 3. The van der Waals surface area contributed by atoms with Crippen molar-refractivity contribution in [3.8, 4) is 0 Å². The number of carbonyl (C=O) groups excluding carboxylic acids is 2. The second kappa shape index (κ2) is 9.48. The molecule has 0 spiro atoms. The lowest BCUT2D eigenvalue weighted by Gasteiger charge is -2.23. The van der Waals surface area contributed by atoms with Gasteiger partial charge in [0.05, 0.1) is 6.26 Å². The minimum atomic E-state index is -0.577. The van der Waals surface area contributed by atoms with Crippen LogP contribution in [-0.2, 0) is 4.79 Å². The van der Waals surface area contributed by atoms with Crippen molar-refractivity contribution in [2.75, 3.05) is 19.6 Å². The van der Waals surface area contributed by atoms with Gasteiger partial charge in [-0.15, -0.1) is 12.4 Å². The predicted molar refractivity (Wildman–Crippen MR) is 86.1 cm³/mol. The number of halogens is 1. The summed E-state index contributed by atoms with van der Waals surface area (Å²) < 4.78 is 4.99. The van der Waals surface area contributed by atoms with Crippen molar-refractivity contribution in [2.45, 2.75) is 32.2 Å². The van der Waals surface area contributed by atoms with E-state index in [9.17, 15) is 9.59 Å². The molecular formula is C15H24ClN3O3. The lowest BCUT2D eigenvalue weighted by Crippen LogP contribution is -2.45. The van der Waals surface area contributed by atoms with Crippen molar-refractivity contribution in [1.82, 2.24) is 16.0 Å². The second-order valence-corrected chi connectivity index (χ2v) is 5.46. The third-order valence-electron chi connectivity index (χ3n) is 3.74. The van der Waals surface area contributed by atoms with Crippen LogP contribution in [0.4, 0.5) is 0 Å². The van der Waals surface area contributed by atoms with Crippen molar-refractivity contribution < 1.29 is 14.0 Å². The van der Waals surface area contributed by atoms with E-state index in [1.807, 2.05) is 0 Å². The third kappa shape index (κ3) is 5.69. The van der Waals surface area contributed by atoms with Crippen LogP contribution in [-0.4, -0.2) is 37.5 Å². The Labute approximate surface area is 136 Å². The highest BCUT2D eigenvalue weighted by Gasteiger charge is 2.18. The molecule has 2 amide bonds. The van der Waals surface area contributed by atoms with E-state index in [1.54, 1.807) is 19.1 Å². The summed E-state index contributed by atoms with van der Waals surface area (Å²) in [6.45, 7) is 4.43. The highest BCUT2D eigenvalue weighted by molar-refractivity contribution is 5.95. The summed E-state index contributed by atoms with van der Waals surface area (Å²) in [5.74, 6) is 0.299. The fourth-order valence-corrected chi connectivity index (χ4v) is 2.46. The quantitative estimate of drug-likeness (QED) is 0.735. The van der Waals surface area contributed by atoms with Crippen LogP contribution < -0.4 is 16.0 Å². The summed E-state index contributed by atoms with van der Waals surface area (Å²) in [4.78, 5) is 23.7. The van der Waals surface area contributed by atoms with Crippen molar-refractivity contribution in [2.24, 2.45) is 5.92 Å². The van der Waals surface area contributed by atoms with Gasteiger partial charge in [0.2, 0.25) is 5.91 Å². The standard InChI is InChI=1S/C15H23N3O3.ClH/c1-11(18-15(20)13-5-3-9-21-13)14(19)17-8-6-12-4-2-7-16-10-12;/h3,5,9,11-12,16H,2,4,6-8,10H2,1H3,(H,17,19)(H,18,20);1H. The molecule has 0 radical (unpaired) electrons. The molecule has 0 aromatic carbocycles. The fraction of sp³-hybridized carbons (Fsp3) is 0.600. The number of rotatable bonds is 6. The van der Waals surface area contributed by atoms with E-state index in [1.165, 1.54) is 19.1 Å². The molecule has 1 aliphatic rings. The van der Waals surface area contributed by atoms with E-state index < -0.39 is 6.04 Å². The largest absolute Gasteiger partial charge is 0.459 e. The van der Waals surface area contributed by atoms with Crippen LogP contribution >= 0.6 is 12.4 Å². The van der Waals surface area contributed by atoms with Crippen LogP contribution in [0.5, 0.6) is 0 Å². The van der Waals surface area contributed by atoms with E-state index in [0.29, 0.717) is 12.5 Å². The summed E-state index contributed by atoms with van der Waals surface area (Å²) in [6.07, 6.45) is 4.82. The van der Waals surface area contributed by atoms with Crippen LogP contribution in [0.3, 0.4) is 0 Å². The van der Waals surface area contributed by atoms with E-state index in [2.05, 4.69) is 16.0 Å². The summed E-state index contributed by atoms with van der Waals surface area (Å²) in [6, 6.07) is 2.63. The molecule has 3 N–H and O–H groups in total. The van der Waals surface area contributed by atoms with Crippen LogP contribution in [0.2, 0.25) is 0 Å². The highest BCUT2D eigenvalue weighted by Crippen LogP contribution is 2.12. The number of hydrogen-bond donors (Lipinski definition) is 3. The third-order valence-corrected chi connectivity index (χ3v) is 3.74. The first-order chi connectivity index (χ1) is 10.2. The van der Waals surface area contributed by atoms with Crippen LogP contribution in [0.1, 0.15) is 36.7 Å². The molecule has 0 bridgehead atoms. The van der Waals surface area contributed by atoms with Gasteiger partial charge in [-0.3, -0.25) is 9.59 Å². The van der Waals surface area contributed by atoms with Gasteiger partial charge in [-0.25, -0.2) is 0 Å². The molecule has 1 saturated heterocycles. The molecule has 7 heteroatoms. The average molecular weight is 330 g/mol. The fourth-order valence-electron chi connectivity index (χ4n) is 2.46. The van der Waals surface area contributed by atoms with Crippen LogP contribution in [0.25, 0.3) is 0 Å². The SMILES string of the molecule is CC(NC(=O)c1ccco1)C(=O)NCCC1CCCNC1.Cl. The molecule has 0 saturated carbocycles. The van der Waals surface area contributed by atoms with Crippen molar-refractivity contribution in [3.05, 3.63) is 24.2 Å². The number of amides is 2. The first kappa shape index (κ1) is 18.5. The maximum atomic E-state index is 11.9. The molecule has 1 fully saturated rings. The molecule has 2 unspecified atom stereocenters. The maximum absolute atomic E-state index is 11.9. The predicted octanol–water partition coefficient (Wildman–Crippen LogP) is 1.33. The molecular weight excluding hydrogens is 306 g/mol. The van der Waals surface area contributed by atoms with Gasteiger partial charge in [0.15, 0.2) is 5.76 Å². The summed E-state index contributed by atoms with van der Waals surface area (Å²) in [7, 11) is 0. The Morgan fingerprint density at radius 2 is 2.32 bits per heavy atom. The van der Waals surface area contributed by atoms with Crippen molar-refractivity contribution in [1.29, 1.82) is 0 Å². The Balaban J connectivity index is 0.00000242. The van der Waals surface area contributed by atoms with E-state index >= 15 is 0 Å². The van der Waals surface area contributed by atoms with Gasteiger partial charge in [-0.1, -0.05) is 0 Å². The van der Waals surface area contributed by atoms with Gasteiger partial charge >= 0.3 is 0 Å². The van der Waals surface area contributed by atoms with E-state index in [-0.39, 0.29) is 30.0 Å². The van der Waals surface area contributed by atoms with Gasteiger partial charge in [0.25, 0.3) is 5.91 Å². The minimum absolute atomic E-state index is 0.